The van der Waals surface area contributed by atoms with Crippen LogP contribution in [0.3, 0.4) is 0 Å². The second-order valence-corrected chi connectivity index (χ2v) is 4.72. The molecule has 2 N–H and O–H groups in total. The molecule has 6 nitrogen and oxygen atoms in total. The average Bonchev–Trinajstić information content (AvgIpc) is 2.51. The van der Waals surface area contributed by atoms with Gasteiger partial charge in [0, 0.05) is 0 Å². The van der Waals surface area contributed by atoms with Crippen LogP contribution in [-0.4, -0.2) is 45.6 Å². The van der Waals surface area contributed by atoms with E-state index in [1.54, 1.807) is 0 Å². The van der Waals surface area contributed by atoms with E-state index in [4.69, 9.17) is 9.84 Å². The first-order chi connectivity index (χ1) is 7.49. The SMILES string of the molecule is COC1=C(C(=O)O)N2C(=O)[C@H](C(C)O)[C@H]2S1. The molecule has 2 aliphatic rings. The summed E-state index contributed by atoms with van der Waals surface area (Å²) >= 11 is 1.16. The van der Waals surface area contributed by atoms with Crippen LogP contribution in [0.2, 0.25) is 0 Å². The van der Waals surface area contributed by atoms with E-state index < -0.39 is 18.0 Å². The molecule has 0 aromatic rings. The highest BCUT2D eigenvalue weighted by Crippen LogP contribution is 2.50. The minimum absolute atomic E-state index is 0.126. The lowest BCUT2D eigenvalue weighted by Gasteiger charge is -2.43. The lowest BCUT2D eigenvalue weighted by molar-refractivity contribution is -0.156. The molecule has 1 unspecified atom stereocenters. The van der Waals surface area contributed by atoms with E-state index in [0.29, 0.717) is 0 Å². The summed E-state index contributed by atoms with van der Waals surface area (Å²) in [4.78, 5) is 23.8. The molecule has 0 aromatic carbocycles. The van der Waals surface area contributed by atoms with Crippen molar-refractivity contribution in [2.24, 2.45) is 5.92 Å². The largest absolute Gasteiger partial charge is 0.488 e. The van der Waals surface area contributed by atoms with Gasteiger partial charge in [-0.15, -0.1) is 0 Å². The zero-order chi connectivity index (χ0) is 12.0. The Morgan fingerprint density at radius 1 is 1.62 bits per heavy atom. The summed E-state index contributed by atoms with van der Waals surface area (Å²) < 4.78 is 4.93. The molecule has 0 spiro atoms. The number of thioether (sulfide) groups is 1. The number of hydrogen-bond donors (Lipinski definition) is 2. The van der Waals surface area contributed by atoms with Crippen LogP contribution in [0.5, 0.6) is 0 Å². The molecule has 0 radical (unpaired) electrons. The number of aliphatic hydroxyl groups is 1. The summed E-state index contributed by atoms with van der Waals surface area (Å²) in [5.74, 6) is -2.10. The van der Waals surface area contributed by atoms with Crippen molar-refractivity contribution in [2.75, 3.05) is 7.11 Å². The van der Waals surface area contributed by atoms with Crippen molar-refractivity contribution in [3.63, 3.8) is 0 Å². The van der Waals surface area contributed by atoms with E-state index in [0.717, 1.165) is 11.8 Å². The first-order valence-electron chi connectivity index (χ1n) is 4.68. The van der Waals surface area contributed by atoms with Gasteiger partial charge in [0.1, 0.15) is 5.37 Å². The van der Waals surface area contributed by atoms with Crippen LogP contribution in [-0.2, 0) is 14.3 Å². The number of carbonyl (C=O) groups is 2. The summed E-state index contributed by atoms with van der Waals surface area (Å²) in [6.07, 6.45) is -0.785. The highest BCUT2D eigenvalue weighted by molar-refractivity contribution is 8.03. The second-order valence-electron chi connectivity index (χ2n) is 3.63. The number of rotatable bonds is 3. The Labute approximate surface area is 95.9 Å². The van der Waals surface area contributed by atoms with Crippen molar-refractivity contribution in [2.45, 2.75) is 18.4 Å². The molecule has 0 bridgehead atoms. The van der Waals surface area contributed by atoms with E-state index in [2.05, 4.69) is 0 Å². The van der Waals surface area contributed by atoms with Crippen molar-refractivity contribution in [1.29, 1.82) is 0 Å². The summed E-state index contributed by atoms with van der Waals surface area (Å²) in [6.45, 7) is 1.52. The van der Waals surface area contributed by atoms with Crippen LogP contribution in [0.15, 0.2) is 10.8 Å². The van der Waals surface area contributed by atoms with Gasteiger partial charge < -0.3 is 14.9 Å². The van der Waals surface area contributed by atoms with Gasteiger partial charge in [0.15, 0.2) is 10.8 Å². The van der Waals surface area contributed by atoms with E-state index in [9.17, 15) is 14.7 Å². The molecule has 2 heterocycles. The monoisotopic (exact) mass is 245 g/mol. The highest BCUT2D eigenvalue weighted by atomic mass is 32.2. The number of aliphatic hydroxyl groups excluding tert-OH is 1. The third-order valence-electron chi connectivity index (χ3n) is 2.65. The maximum Gasteiger partial charge on any atom is 0.357 e. The molecular formula is C9H11NO5S. The van der Waals surface area contributed by atoms with Gasteiger partial charge in [-0.2, -0.15) is 0 Å². The molecule has 3 atom stereocenters. The van der Waals surface area contributed by atoms with E-state index in [-0.39, 0.29) is 22.1 Å². The Morgan fingerprint density at radius 3 is 2.69 bits per heavy atom. The minimum Gasteiger partial charge on any atom is -0.488 e. The van der Waals surface area contributed by atoms with Gasteiger partial charge in [-0.25, -0.2) is 4.79 Å². The molecule has 1 amide bonds. The van der Waals surface area contributed by atoms with Gasteiger partial charge in [-0.3, -0.25) is 9.69 Å². The molecule has 0 aliphatic carbocycles. The molecule has 88 valence electrons. The number of carbonyl (C=O) groups excluding carboxylic acids is 1. The first kappa shape index (κ1) is 11.3. The zero-order valence-electron chi connectivity index (χ0n) is 8.71. The number of β-lactam (4-membered cyclic amide) rings is 1. The molecule has 1 fully saturated rings. The topological polar surface area (TPSA) is 87.1 Å². The number of methoxy groups -OCH3 is 1. The maximum atomic E-state index is 11.7. The van der Waals surface area contributed by atoms with E-state index >= 15 is 0 Å². The van der Waals surface area contributed by atoms with Gasteiger partial charge in [-0.05, 0) is 6.92 Å². The number of ether oxygens (including phenoxy) is 1. The fourth-order valence-electron chi connectivity index (χ4n) is 1.89. The molecule has 16 heavy (non-hydrogen) atoms. The average molecular weight is 245 g/mol. The van der Waals surface area contributed by atoms with Gasteiger partial charge in [0.05, 0.1) is 19.1 Å². The number of aliphatic carboxylic acids is 1. The fraction of sp³-hybridized carbons (Fsp3) is 0.556. The van der Waals surface area contributed by atoms with Gasteiger partial charge in [0.25, 0.3) is 0 Å². The molecule has 0 aromatic heterocycles. The summed E-state index contributed by atoms with van der Waals surface area (Å²) in [6, 6.07) is 0. The number of carboxylic acids is 1. The van der Waals surface area contributed by atoms with Gasteiger partial charge >= 0.3 is 5.97 Å². The number of fused-ring (bicyclic) bond motifs is 1. The van der Waals surface area contributed by atoms with E-state index in [1.807, 2.05) is 0 Å². The van der Waals surface area contributed by atoms with Gasteiger partial charge in [-0.1, -0.05) is 11.8 Å². The van der Waals surface area contributed by atoms with Crippen LogP contribution in [0, 0.1) is 5.92 Å². The summed E-state index contributed by atoms with van der Waals surface area (Å²) in [5.41, 5.74) is -0.126. The standard InChI is InChI=1S/C9H11NO5S/c1-3(11)4-6(12)10-5(8(13)14)9(15-2)16-7(4)10/h3-4,7,11H,1-2H3,(H,13,14)/t3?,4-,7+/m0/s1. The first-order valence-corrected chi connectivity index (χ1v) is 5.56. The van der Waals surface area contributed by atoms with Crippen molar-refractivity contribution in [1.82, 2.24) is 4.90 Å². The van der Waals surface area contributed by atoms with Crippen molar-refractivity contribution in [3.8, 4) is 0 Å². The lowest BCUT2D eigenvalue weighted by atomic mass is 9.92. The third-order valence-corrected chi connectivity index (χ3v) is 3.97. The predicted molar refractivity (Wildman–Crippen MR) is 55.1 cm³/mol. The van der Waals surface area contributed by atoms with Gasteiger partial charge in [0.2, 0.25) is 5.91 Å². The number of hydrogen-bond acceptors (Lipinski definition) is 5. The quantitative estimate of drug-likeness (QED) is 0.669. The van der Waals surface area contributed by atoms with Crippen LogP contribution in [0.1, 0.15) is 6.92 Å². The molecule has 0 saturated carbocycles. The third kappa shape index (κ3) is 1.31. The fourth-order valence-corrected chi connectivity index (χ4v) is 3.31. The van der Waals surface area contributed by atoms with Crippen molar-refractivity contribution < 1.29 is 24.5 Å². The maximum absolute atomic E-state index is 11.7. The summed E-state index contributed by atoms with van der Waals surface area (Å²) in [5, 5.41) is 18.2. The Bertz CT molecular complexity index is 391. The second kappa shape index (κ2) is 3.67. The van der Waals surface area contributed by atoms with Crippen molar-refractivity contribution in [3.05, 3.63) is 10.8 Å². The Morgan fingerprint density at radius 2 is 2.25 bits per heavy atom. The Balaban J connectivity index is 2.29. The molecule has 2 rings (SSSR count). The van der Waals surface area contributed by atoms with Crippen molar-refractivity contribution >= 4 is 23.6 Å². The number of carboxylic acid groups (broad SMARTS) is 1. The highest BCUT2D eigenvalue weighted by Gasteiger charge is 2.58. The smallest absolute Gasteiger partial charge is 0.357 e. The van der Waals surface area contributed by atoms with E-state index in [1.165, 1.54) is 18.9 Å². The normalized spacial score (nSPS) is 29.9. The van der Waals surface area contributed by atoms with Crippen LogP contribution in [0.25, 0.3) is 0 Å². The Kier molecular flexibility index (Phi) is 2.59. The molecular weight excluding hydrogens is 234 g/mol. The number of nitrogens with zero attached hydrogens (tertiary/aromatic N) is 1. The minimum atomic E-state index is -1.19. The molecule has 1 saturated heterocycles. The molecule has 2 aliphatic heterocycles. The zero-order valence-corrected chi connectivity index (χ0v) is 9.52. The van der Waals surface area contributed by atoms with Crippen LogP contribution < -0.4 is 0 Å². The summed E-state index contributed by atoms with van der Waals surface area (Å²) in [7, 11) is 1.36. The molecule has 7 heteroatoms. The predicted octanol–water partition coefficient (Wildman–Crippen LogP) is -0.201. The Hall–Kier alpha value is -1.21. The van der Waals surface area contributed by atoms with Crippen LogP contribution in [0.4, 0.5) is 0 Å². The van der Waals surface area contributed by atoms with Crippen LogP contribution >= 0.6 is 11.8 Å². The lowest BCUT2D eigenvalue weighted by Crippen LogP contribution is -2.60. The number of amides is 1.